The molecule has 158 valence electrons. The molecule has 9 heteroatoms. The smallest absolute Gasteiger partial charge is 0.280 e. The van der Waals surface area contributed by atoms with E-state index < -0.39 is 19.5 Å². The molecule has 0 spiro atoms. The van der Waals surface area contributed by atoms with Gasteiger partial charge in [-0.1, -0.05) is 6.07 Å². The summed E-state index contributed by atoms with van der Waals surface area (Å²) < 4.78 is 53.4. The molecular weight excluding hydrogens is 404 g/mol. The van der Waals surface area contributed by atoms with Crippen LogP contribution in [0.15, 0.2) is 48.7 Å². The summed E-state index contributed by atoms with van der Waals surface area (Å²) in [7, 11) is -2.68. The molecule has 0 fully saturated rings. The maximum Gasteiger partial charge on any atom is 0.280 e. The first-order valence-electron chi connectivity index (χ1n) is 10.8. The van der Waals surface area contributed by atoms with Crippen LogP contribution in [0.25, 0.3) is 11.6 Å². The summed E-state index contributed by atoms with van der Waals surface area (Å²) >= 11 is 0. The van der Waals surface area contributed by atoms with E-state index >= 15 is 0 Å². The standard InChI is InChI=1S/C22H19F2N5O2/c1-12(30)26-19-10-13(8-9-25-19)21-14(15-4-3-5-17(27-15)22(23)24)11-18-16(29-21)6-7-20(28-18)31-2/h3-11,21-22,29H,1-2H3,(H,25,26,30)/i2D3. The fourth-order valence-electron chi connectivity index (χ4n) is 3.30. The molecule has 2 N–H and O–H groups in total. The highest BCUT2D eigenvalue weighted by Crippen LogP contribution is 2.40. The largest absolute Gasteiger partial charge is 0.481 e. The van der Waals surface area contributed by atoms with Crippen molar-refractivity contribution in [3.05, 3.63) is 71.3 Å². The Kier molecular flexibility index (Phi) is 4.61. The summed E-state index contributed by atoms with van der Waals surface area (Å²) in [4.78, 5) is 23.9. The number of rotatable bonds is 5. The Bertz CT molecular complexity index is 1270. The molecule has 0 saturated heterocycles. The van der Waals surface area contributed by atoms with Gasteiger partial charge in [-0.25, -0.2) is 23.7 Å². The molecule has 31 heavy (non-hydrogen) atoms. The molecule has 3 aromatic heterocycles. The molecule has 1 amide bonds. The third-order valence-corrected chi connectivity index (χ3v) is 4.62. The van der Waals surface area contributed by atoms with Crippen LogP contribution in [-0.2, 0) is 4.79 Å². The Morgan fingerprint density at radius 3 is 2.90 bits per heavy atom. The second-order valence-electron chi connectivity index (χ2n) is 6.77. The quantitative estimate of drug-likeness (QED) is 0.625. The summed E-state index contributed by atoms with van der Waals surface area (Å²) in [5, 5.41) is 5.90. The van der Waals surface area contributed by atoms with Crippen molar-refractivity contribution < 1.29 is 22.4 Å². The third-order valence-electron chi connectivity index (χ3n) is 4.62. The highest BCUT2D eigenvalue weighted by atomic mass is 19.3. The van der Waals surface area contributed by atoms with E-state index in [0.29, 0.717) is 28.3 Å². The number of amides is 1. The number of methoxy groups -OCH3 is 1. The van der Waals surface area contributed by atoms with Crippen LogP contribution in [0.1, 0.15) is 46.1 Å². The van der Waals surface area contributed by atoms with E-state index in [0.717, 1.165) is 0 Å². The Hall–Kier alpha value is -3.88. The van der Waals surface area contributed by atoms with Crippen LogP contribution in [0.4, 0.5) is 20.3 Å². The van der Waals surface area contributed by atoms with Gasteiger partial charge in [-0.05, 0) is 42.0 Å². The van der Waals surface area contributed by atoms with E-state index in [4.69, 9.17) is 8.85 Å². The highest BCUT2D eigenvalue weighted by molar-refractivity contribution is 5.92. The molecule has 1 aliphatic rings. The first kappa shape index (κ1) is 16.9. The zero-order valence-electron chi connectivity index (χ0n) is 19.3. The highest BCUT2D eigenvalue weighted by Gasteiger charge is 2.26. The maximum atomic E-state index is 13.3. The SMILES string of the molecule is [2H]C([2H])([2H])Oc1ccc2c(n1)C=C(c1cccc(C(F)F)n1)C(c1ccnc(NC(C)=O)c1)N2. The number of fused-ring (bicyclic) bond motifs is 1. The number of anilines is 2. The average Bonchev–Trinajstić information content (AvgIpc) is 2.77. The molecule has 3 aromatic rings. The predicted octanol–water partition coefficient (Wildman–Crippen LogP) is 4.48. The summed E-state index contributed by atoms with van der Waals surface area (Å²) in [6, 6.07) is 10.2. The summed E-state index contributed by atoms with van der Waals surface area (Å²) in [5.74, 6) is -0.0776. The fourth-order valence-corrected chi connectivity index (χ4v) is 3.30. The second-order valence-corrected chi connectivity index (χ2v) is 6.77. The Morgan fingerprint density at radius 2 is 2.13 bits per heavy atom. The van der Waals surface area contributed by atoms with Gasteiger partial charge in [-0.15, -0.1) is 0 Å². The van der Waals surface area contributed by atoms with Gasteiger partial charge in [0.05, 0.1) is 34.3 Å². The lowest BCUT2D eigenvalue weighted by Crippen LogP contribution is -2.19. The van der Waals surface area contributed by atoms with Gasteiger partial charge in [0.25, 0.3) is 6.43 Å². The predicted molar refractivity (Wildman–Crippen MR) is 113 cm³/mol. The van der Waals surface area contributed by atoms with Crippen molar-refractivity contribution in [3.8, 4) is 5.88 Å². The van der Waals surface area contributed by atoms with Gasteiger partial charge < -0.3 is 15.4 Å². The number of nitrogens with zero attached hydrogens (tertiary/aromatic N) is 3. The molecular formula is C22H19F2N5O2. The molecule has 0 aliphatic carbocycles. The van der Waals surface area contributed by atoms with Gasteiger partial charge in [-0.2, -0.15) is 0 Å². The Labute approximate surface area is 181 Å². The summed E-state index contributed by atoms with van der Waals surface area (Å²) in [6.45, 7) is 1.36. The lowest BCUT2D eigenvalue weighted by Gasteiger charge is -2.28. The van der Waals surface area contributed by atoms with Crippen LogP contribution < -0.4 is 15.4 Å². The van der Waals surface area contributed by atoms with Crippen LogP contribution in [0.2, 0.25) is 0 Å². The number of pyridine rings is 3. The van der Waals surface area contributed by atoms with Crippen LogP contribution in [0, 0.1) is 0 Å². The van der Waals surface area contributed by atoms with Crippen molar-refractivity contribution in [1.82, 2.24) is 15.0 Å². The van der Waals surface area contributed by atoms with Crippen molar-refractivity contribution in [3.63, 3.8) is 0 Å². The number of alkyl halides is 2. The van der Waals surface area contributed by atoms with Crippen molar-refractivity contribution in [2.45, 2.75) is 19.4 Å². The number of nitrogens with one attached hydrogen (secondary N) is 2. The first-order chi connectivity index (χ1) is 16.1. The number of halogens is 2. The molecule has 0 aromatic carbocycles. The number of aromatic nitrogens is 3. The van der Waals surface area contributed by atoms with Gasteiger partial charge in [0.1, 0.15) is 11.5 Å². The zero-order valence-corrected chi connectivity index (χ0v) is 16.3. The lowest BCUT2D eigenvalue weighted by molar-refractivity contribution is -0.114. The minimum absolute atomic E-state index is 0.110. The molecule has 7 nitrogen and oxygen atoms in total. The van der Waals surface area contributed by atoms with Crippen molar-refractivity contribution in [2.24, 2.45) is 0 Å². The molecule has 0 radical (unpaired) electrons. The monoisotopic (exact) mass is 426 g/mol. The van der Waals surface area contributed by atoms with Gasteiger partial charge >= 0.3 is 0 Å². The van der Waals surface area contributed by atoms with Crippen LogP contribution in [0.3, 0.4) is 0 Å². The fraction of sp³-hybridized carbons (Fsp3) is 0.182. The van der Waals surface area contributed by atoms with E-state index in [-0.39, 0.29) is 23.2 Å². The Morgan fingerprint density at radius 1 is 1.26 bits per heavy atom. The number of ether oxygens (including phenoxy) is 1. The minimum atomic E-state index is -2.76. The number of carbonyl (C=O) groups excluding carboxylic acids is 1. The molecule has 1 aliphatic heterocycles. The van der Waals surface area contributed by atoms with Crippen LogP contribution in [0.5, 0.6) is 5.88 Å². The molecule has 0 bridgehead atoms. The number of carbonyl (C=O) groups is 1. The second kappa shape index (κ2) is 8.47. The third kappa shape index (κ3) is 4.35. The number of hydrogen-bond acceptors (Lipinski definition) is 6. The molecule has 4 rings (SSSR count). The van der Waals surface area contributed by atoms with Gasteiger partial charge in [0, 0.05) is 24.8 Å². The Balaban J connectivity index is 1.82. The molecule has 1 atom stereocenters. The summed E-state index contributed by atoms with van der Waals surface area (Å²) in [6.07, 6.45) is 0.399. The normalized spacial score (nSPS) is 16.8. The average molecular weight is 426 g/mol. The van der Waals surface area contributed by atoms with Gasteiger partial charge in [-0.3, -0.25) is 4.79 Å². The van der Waals surface area contributed by atoms with E-state index in [2.05, 4.69) is 25.6 Å². The topological polar surface area (TPSA) is 89.0 Å². The van der Waals surface area contributed by atoms with E-state index in [1.807, 2.05) is 0 Å². The molecule has 4 heterocycles. The van der Waals surface area contributed by atoms with Crippen molar-refractivity contribution >= 4 is 29.1 Å². The van der Waals surface area contributed by atoms with Gasteiger partial charge in [0.2, 0.25) is 11.8 Å². The van der Waals surface area contributed by atoms with Gasteiger partial charge in [0.15, 0.2) is 0 Å². The van der Waals surface area contributed by atoms with Crippen LogP contribution >= 0.6 is 0 Å². The van der Waals surface area contributed by atoms with Crippen molar-refractivity contribution in [1.29, 1.82) is 0 Å². The lowest BCUT2D eigenvalue weighted by atomic mass is 9.92. The molecule has 0 saturated carbocycles. The van der Waals surface area contributed by atoms with E-state index in [1.54, 1.807) is 30.3 Å². The first-order valence-corrected chi connectivity index (χ1v) is 9.26. The summed E-state index contributed by atoms with van der Waals surface area (Å²) in [5.41, 5.74) is 2.01. The number of hydrogen-bond donors (Lipinski definition) is 2. The van der Waals surface area contributed by atoms with E-state index in [1.165, 1.54) is 31.3 Å². The van der Waals surface area contributed by atoms with Crippen LogP contribution in [-0.4, -0.2) is 27.9 Å². The zero-order chi connectivity index (χ0) is 24.5. The van der Waals surface area contributed by atoms with Crippen molar-refractivity contribution in [2.75, 3.05) is 17.7 Å². The molecule has 1 unspecified atom stereocenters. The van der Waals surface area contributed by atoms with E-state index in [9.17, 15) is 13.6 Å². The minimum Gasteiger partial charge on any atom is -0.481 e. The maximum absolute atomic E-state index is 13.3.